The van der Waals surface area contributed by atoms with Crippen molar-refractivity contribution < 1.29 is 4.74 Å². The van der Waals surface area contributed by atoms with Crippen LogP contribution < -0.4 is 10.1 Å². The number of aryl methyl sites for hydroxylation is 1. The molecule has 1 atom stereocenters. The lowest BCUT2D eigenvalue weighted by Gasteiger charge is -2.32. The third-order valence-electron chi connectivity index (χ3n) is 6.29. The van der Waals surface area contributed by atoms with Crippen molar-refractivity contribution in [1.29, 1.82) is 0 Å². The third kappa shape index (κ3) is 4.98. The molecule has 0 amide bonds. The summed E-state index contributed by atoms with van der Waals surface area (Å²) < 4.78 is 5.38. The van der Waals surface area contributed by atoms with Crippen LogP contribution in [0.2, 0.25) is 0 Å². The molecule has 0 aliphatic carbocycles. The maximum Gasteiger partial charge on any atom is 0.157 e. The Morgan fingerprint density at radius 3 is 2.91 bits per heavy atom. The summed E-state index contributed by atoms with van der Waals surface area (Å²) in [6, 6.07) is 18.7. The summed E-state index contributed by atoms with van der Waals surface area (Å²) in [5.74, 6) is 2.15. The fourth-order valence-electron chi connectivity index (χ4n) is 4.62. The van der Waals surface area contributed by atoms with Crippen molar-refractivity contribution in [3.05, 3.63) is 77.2 Å². The Morgan fingerprint density at radius 2 is 2.03 bits per heavy atom. The second-order valence-electron chi connectivity index (χ2n) is 8.75. The summed E-state index contributed by atoms with van der Waals surface area (Å²) in [4.78, 5) is 12.0. The van der Waals surface area contributed by atoms with Gasteiger partial charge in [-0.15, -0.1) is 0 Å². The first kappa shape index (κ1) is 21.4. The van der Waals surface area contributed by atoms with Gasteiger partial charge in [-0.25, -0.2) is 4.98 Å². The number of ether oxygens (including phenoxy) is 1. The van der Waals surface area contributed by atoms with Gasteiger partial charge in [-0.1, -0.05) is 18.2 Å². The fourth-order valence-corrected chi connectivity index (χ4v) is 4.62. The van der Waals surface area contributed by atoms with Crippen molar-refractivity contribution in [3.8, 4) is 5.75 Å². The number of pyridine rings is 2. The maximum absolute atomic E-state index is 5.38. The lowest BCUT2D eigenvalue weighted by Crippen LogP contribution is -2.34. The molecule has 0 spiro atoms. The van der Waals surface area contributed by atoms with E-state index in [1.54, 1.807) is 7.11 Å². The molecule has 0 saturated carbocycles. The molecule has 4 heterocycles. The Hall–Kier alpha value is -3.45. The minimum atomic E-state index is 0.421. The number of hydrogen-bond acceptors (Lipinski definition) is 6. The highest BCUT2D eigenvalue weighted by Crippen LogP contribution is 2.29. The molecule has 1 saturated heterocycles. The van der Waals surface area contributed by atoms with Crippen LogP contribution in [0.4, 0.5) is 5.82 Å². The first-order valence-corrected chi connectivity index (χ1v) is 11.5. The largest absolute Gasteiger partial charge is 0.497 e. The van der Waals surface area contributed by atoms with Gasteiger partial charge >= 0.3 is 0 Å². The van der Waals surface area contributed by atoms with Crippen molar-refractivity contribution in [2.45, 2.75) is 38.8 Å². The van der Waals surface area contributed by atoms with E-state index >= 15 is 0 Å². The molecule has 3 aromatic heterocycles. The lowest BCUT2D eigenvalue weighted by molar-refractivity contribution is 0.198. The molecule has 170 valence electrons. The van der Waals surface area contributed by atoms with Gasteiger partial charge in [0.1, 0.15) is 5.75 Å². The summed E-state index contributed by atoms with van der Waals surface area (Å²) in [5.41, 5.74) is 5.26. The zero-order chi connectivity index (χ0) is 22.6. The van der Waals surface area contributed by atoms with Crippen molar-refractivity contribution in [2.24, 2.45) is 0 Å². The van der Waals surface area contributed by atoms with E-state index in [0.717, 1.165) is 65.7 Å². The molecular formula is C26H30N6O. The van der Waals surface area contributed by atoms with Crippen LogP contribution in [0.3, 0.4) is 0 Å². The van der Waals surface area contributed by atoms with Gasteiger partial charge in [-0.3, -0.25) is 15.0 Å². The number of nitrogens with one attached hydrogen (secondary N) is 2. The molecule has 1 fully saturated rings. The number of methoxy groups -OCH3 is 1. The van der Waals surface area contributed by atoms with Crippen LogP contribution in [-0.2, 0) is 13.1 Å². The van der Waals surface area contributed by atoms with E-state index in [2.05, 4.69) is 55.7 Å². The van der Waals surface area contributed by atoms with Gasteiger partial charge in [0.15, 0.2) is 11.5 Å². The van der Waals surface area contributed by atoms with Crippen molar-refractivity contribution in [2.75, 3.05) is 25.5 Å². The number of rotatable bonds is 7. The van der Waals surface area contributed by atoms with E-state index in [-0.39, 0.29) is 0 Å². The molecule has 7 heteroatoms. The molecule has 1 aliphatic rings. The fraction of sp³-hybridized carbons (Fsp3) is 0.346. The number of piperidine rings is 1. The number of anilines is 1. The van der Waals surface area contributed by atoms with Crippen molar-refractivity contribution in [1.82, 2.24) is 25.1 Å². The molecule has 0 bridgehead atoms. The van der Waals surface area contributed by atoms with Crippen LogP contribution in [-0.4, -0.2) is 45.3 Å². The molecular weight excluding hydrogens is 412 g/mol. The van der Waals surface area contributed by atoms with Crippen LogP contribution in [0, 0.1) is 6.92 Å². The number of hydrogen-bond donors (Lipinski definition) is 2. The normalized spacial score (nSPS) is 16.7. The van der Waals surface area contributed by atoms with E-state index in [0.29, 0.717) is 12.5 Å². The second-order valence-corrected chi connectivity index (χ2v) is 8.75. The second kappa shape index (κ2) is 9.58. The standard InChI is InChI=1S/C26H30N6O/c1-18-6-3-9-21(28-18)15-27-25-23-11-12-24(29-26(23)31-30-25)20-8-5-13-32(17-20)16-19-7-4-10-22(14-19)33-2/h3-4,6-7,9-12,14,20H,5,8,13,15-17H2,1-2H3,(H2,27,29,30,31)/t20-/m0/s1. The van der Waals surface area contributed by atoms with Crippen LogP contribution in [0.25, 0.3) is 11.0 Å². The zero-order valence-electron chi connectivity index (χ0n) is 19.2. The molecule has 2 N–H and O–H groups in total. The molecule has 5 rings (SSSR count). The van der Waals surface area contributed by atoms with E-state index in [9.17, 15) is 0 Å². The Labute approximate surface area is 194 Å². The third-order valence-corrected chi connectivity index (χ3v) is 6.29. The number of nitrogens with zero attached hydrogens (tertiary/aromatic N) is 4. The molecule has 7 nitrogen and oxygen atoms in total. The molecule has 1 aliphatic heterocycles. The predicted octanol–water partition coefficient (Wildman–Crippen LogP) is 4.66. The number of aromatic amines is 1. The first-order chi connectivity index (χ1) is 16.2. The zero-order valence-corrected chi connectivity index (χ0v) is 19.2. The average molecular weight is 443 g/mol. The minimum Gasteiger partial charge on any atom is -0.497 e. The number of H-pyrrole nitrogens is 1. The Kier molecular flexibility index (Phi) is 6.21. The van der Waals surface area contributed by atoms with Crippen LogP contribution in [0.1, 0.15) is 41.4 Å². The smallest absolute Gasteiger partial charge is 0.157 e. The van der Waals surface area contributed by atoms with Gasteiger partial charge in [-0.05, 0) is 68.3 Å². The summed E-state index contributed by atoms with van der Waals surface area (Å²) >= 11 is 0. The quantitative estimate of drug-likeness (QED) is 0.433. The van der Waals surface area contributed by atoms with Crippen molar-refractivity contribution >= 4 is 16.9 Å². The summed E-state index contributed by atoms with van der Waals surface area (Å²) in [6.45, 7) is 5.68. The maximum atomic E-state index is 5.38. The topological polar surface area (TPSA) is 79.0 Å². The van der Waals surface area contributed by atoms with Crippen LogP contribution in [0.15, 0.2) is 54.6 Å². The van der Waals surface area contributed by atoms with E-state index < -0.39 is 0 Å². The minimum absolute atomic E-state index is 0.421. The Morgan fingerprint density at radius 1 is 1.12 bits per heavy atom. The van der Waals surface area contributed by atoms with E-state index in [1.807, 2.05) is 31.2 Å². The molecule has 1 aromatic carbocycles. The number of likely N-dealkylation sites (tertiary alicyclic amines) is 1. The van der Waals surface area contributed by atoms with Gasteiger partial charge < -0.3 is 10.1 Å². The van der Waals surface area contributed by atoms with Gasteiger partial charge in [0, 0.05) is 30.4 Å². The van der Waals surface area contributed by atoms with Gasteiger partial charge in [-0.2, -0.15) is 5.10 Å². The SMILES string of the molecule is COc1cccc(CN2CCC[C@H](c3ccc4c(NCc5cccc(C)n5)n[nH]c4n3)C2)c1. The summed E-state index contributed by atoms with van der Waals surface area (Å²) in [5, 5.41) is 12.0. The highest BCUT2D eigenvalue weighted by atomic mass is 16.5. The van der Waals surface area contributed by atoms with E-state index in [4.69, 9.17) is 9.72 Å². The predicted molar refractivity (Wildman–Crippen MR) is 130 cm³/mol. The Balaban J connectivity index is 1.26. The lowest BCUT2D eigenvalue weighted by atomic mass is 9.93. The molecule has 0 unspecified atom stereocenters. The Bertz CT molecular complexity index is 1240. The molecule has 4 aromatic rings. The summed E-state index contributed by atoms with van der Waals surface area (Å²) in [6.07, 6.45) is 2.33. The van der Waals surface area contributed by atoms with Gasteiger partial charge in [0.2, 0.25) is 0 Å². The van der Waals surface area contributed by atoms with Gasteiger partial charge in [0.25, 0.3) is 0 Å². The first-order valence-electron chi connectivity index (χ1n) is 11.5. The molecule has 33 heavy (non-hydrogen) atoms. The summed E-state index contributed by atoms with van der Waals surface area (Å²) in [7, 11) is 1.72. The van der Waals surface area contributed by atoms with Crippen LogP contribution in [0.5, 0.6) is 5.75 Å². The average Bonchev–Trinajstić information content (AvgIpc) is 3.25. The number of aromatic nitrogens is 4. The van der Waals surface area contributed by atoms with Crippen molar-refractivity contribution in [3.63, 3.8) is 0 Å². The molecule has 0 radical (unpaired) electrons. The monoisotopic (exact) mass is 442 g/mol. The number of benzene rings is 1. The number of fused-ring (bicyclic) bond motifs is 1. The highest BCUT2D eigenvalue weighted by Gasteiger charge is 2.23. The van der Waals surface area contributed by atoms with Crippen LogP contribution >= 0.6 is 0 Å². The van der Waals surface area contributed by atoms with E-state index in [1.165, 1.54) is 12.0 Å². The highest BCUT2D eigenvalue weighted by molar-refractivity contribution is 5.87. The van der Waals surface area contributed by atoms with Gasteiger partial charge in [0.05, 0.1) is 24.7 Å².